The molecular formula is C17H15F5N4O3. The van der Waals surface area contributed by atoms with Gasteiger partial charge in [0.1, 0.15) is 17.4 Å². The van der Waals surface area contributed by atoms with Crippen LogP contribution >= 0.6 is 0 Å². The number of ether oxygens (including phenoxy) is 1. The van der Waals surface area contributed by atoms with Gasteiger partial charge in [-0.15, -0.1) is 13.2 Å². The monoisotopic (exact) mass is 418 g/mol. The number of rotatable bonds is 6. The summed E-state index contributed by atoms with van der Waals surface area (Å²) in [4.78, 5) is 24.3. The highest BCUT2D eigenvalue weighted by atomic mass is 19.4. The van der Waals surface area contributed by atoms with Crippen molar-refractivity contribution >= 4 is 23.3 Å². The van der Waals surface area contributed by atoms with Crippen LogP contribution in [0.1, 0.15) is 10.4 Å². The van der Waals surface area contributed by atoms with Crippen molar-refractivity contribution in [1.82, 2.24) is 5.32 Å². The summed E-state index contributed by atoms with van der Waals surface area (Å²) >= 11 is 0. The van der Waals surface area contributed by atoms with Gasteiger partial charge in [-0.1, -0.05) is 0 Å². The van der Waals surface area contributed by atoms with Crippen molar-refractivity contribution in [2.24, 2.45) is 5.73 Å². The molecule has 0 aromatic heterocycles. The first-order chi connectivity index (χ1) is 13.6. The number of nitrogens with one attached hydrogen (secondary N) is 3. The lowest BCUT2D eigenvalue weighted by Gasteiger charge is -2.15. The molecule has 0 aliphatic rings. The van der Waals surface area contributed by atoms with Gasteiger partial charge in [-0.2, -0.15) is 0 Å². The Balaban J connectivity index is 2.27. The second-order valence-corrected chi connectivity index (χ2v) is 5.54. The Morgan fingerprint density at radius 2 is 1.66 bits per heavy atom. The Hall–Kier alpha value is -3.41. The summed E-state index contributed by atoms with van der Waals surface area (Å²) in [5.41, 5.74) is 4.50. The van der Waals surface area contributed by atoms with Gasteiger partial charge in [0.05, 0.1) is 11.3 Å². The molecule has 156 valence electrons. The van der Waals surface area contributed by atoms with E-state index in [0.29, 0.717) is 6.07 Å². The summed E-state index contributed by atoms with van der Waals surface area (Å²) in [6.45, 7) is 0.184. The van der Waals surface area contributed by atoms with Gasteiger partial charge in [-0.05, 0) is 24.3 Å². The molecule has 5 N–H and O–H groups in total. The first kappa shape index (κ1) is 21.9. The number of amides is 3. The third-order valence-electron chi connectivity index (χ3n) is 3.27. The van der Waals surface area contributed by atoms with Crippen LogP contribution < -0.4 is 26.4 Å². The summed E-state index contributed by atoms with van der Waals surface area (Å²) < 4.78 is 67.5. The third kappa shape index (κ3) is 6.92. The number of alkyl halides is 3. The Morgan fingerprint density at radius 3 is 2.24 bits per heavy atom. The molecule has 0 saturated carbocycles. The Morgan fingerprint density at radius 1 is 1.00 bits per heavy atom. The van der Waals surface area contributed by atoms with Crippen LogP contribution in [0.15, 0.2) is 36.4 Å². The van der Waals surface area contributed by atoms with E-state index in [0.717, 1.165) is 30.3 Å². The van der Waals surface area contributed by atoms with Gasteiger partial charge in [0.2, 0.25) is 0 Å². The van der Waals surface area contributed by atoms with Crippen LogP contribution in [0.2, 0.25) is 0 Å². The molecule has 0 heterocycles. The average molecular weight is 418 g/mol. The molecule has 2 rings (SSSR count). The maximum atomic E-state index is 13.2. The van der Waals surface area contributed by atoms with Crippen molar-refractivity contribution in [2.45, 2.75) is 6.36 Å². The minimum absolute atomic E-state index is 0.0772. The van der Waals surface area contributed by atoms with Crippen LogP contribution in [0.3, 0.4) is 0 Å². The molecule has 0 aliphatic carbocycles. The summed E-state index contributed by atoms with van der Waals surface area (Å²) in [6.07, 6.45) is -5.00. The number of benzene rings is 2. The number of halogens is 5. The summed E-state index contributed by atoms with van der Waals surface area (Å²) in [5.74, 6) is -3.33. The lowest BCUT2D eigenvalue weighted by atomic mass is 10.1. The van der Waals surface area contributed by atoms with Crippen LogP contribution in [-0.4, -0.2) is 31.4 Å². The molecule has 0 bridgehead atoms. The molecule has 29 heavy (non-hydrogen) atoms. The Bertz CT molecular complexity index is 885. The normalized spacial score (nSPS) is 11.0. The predicted molar refractivity (Wildman–Crippen MR) is 93.5 cm³/mol. The van der Waals surface area contributed by atoms with Crippen LogP contribution in [0.4, 0.5) is 38.1 Å². The quantitative estimate of drug-likeness (QED) is 0.541. The van der Waals surface area contributed by atoms with Crippen molar-refractivity contribution in [3.63, 3.8) is 0 Å². The lowest BCUT2D eigenvalue weighted by Crippen LogP contribution is -2.30. The minimum atomic E-state index is -5.00. The van der Waals surface area contributed by atoms with E-state index in [4.69, 9.17) is 5.73 Å². The Labute approximate surface area is 161 Å². The second kappa shape index (κ2) is 9.19. The average Bonchev–Trinajstić information content (AvgIpc) is 2.57. The molecular weight excluding hydrogens is 403 g/mol. The van der Waals surface area contributed by atoms with Crippen molar-refractivity contribution < 1.29 is 36.3 Å². The molecule has 2 aromatic carbocycles. The van der Waals surface area contributed by atoms with Gasteiger partial charge in [0, 0.05) is 30.9 Å². The standard InChI is InChI=1S/C17H15F5N4O3/c18-9-5-10(19)7-11(6-9)25-16(28)26-14-8-12(29-17(20,21)22)1-2-13(14)15(27)24-4-3-23/h1-2,5-8H,3-4,23H2,(H,24,27)(H2,25,26,28). The van der Waals surface area contributed by atoms with Crippen LogP contribution in [-0.2, 0) is 0 Å². The predicted octanol–water partition coefficient (Wildman–Crippen LogP) is 3.20. The van der Waals surface area contributed by atoms with Gasteiger partial charge in [0.25, 0.3) is 5.91 Å². The number of anilines is 2. The van der Waals surface area contributed by atoms with E-state index in [9.17, 15) is 31.5 Å². The van der Waals surface area contributed by atoms with E-state index in [2.05, 4.69) is 20.7 Å². The van der Waals surface area contributed by atoms with Crippen LogP contribution in [0.25, 0.3) is 0 Å². The third-order valence-corrected chi connectivity index (χ3v) is 3.27. The second-order valence-electron chi connectivity index (χ2n) is 5.54. The highest BCUT2D eigenvalue weighted by molar-refractivity contribution is 6.06. The molecule has 7 nitrogen and oxygen atoms in total. The zero-order valence-electron chi connectivity index (χ0n) is 14.6. The highest BCUT2D eigenvalue weighted by Gasteiger charge is 2.31. The Kier molecular flexibility index (Phi) is 6.93. The highest BCUT2D eigenvalue weighted by Crippen LogP contribution is 2.28. The first-order valence-electron chi connectivity index (χ1n) is 7.99. The maximum absolute atomic E-state index is 13.2. The molecule has 0 aliphatic heterocycles. The number of urea groups is 1. The zero-order valence-corrected chi connectivity index (χ0v) is 14.6. The lowest BCUT2D eigenvalue weighted by molar-refractivity contribution is -0.274. The van der Waals surface area contributed by atoms with Crippen molar-refractivity contribution in [3.8, 4) is 5.75 Å². The van der Waals surface area contributed by atoms with E-state index in [1.807, 2.05) is 0 Å². The van der Waals surface area contributed by atoms with Crippen LogP contribution in [0.5, 0.6) is 5.75 Å². The topological polar surface area (TPSA) is 105 Å². The van der Waals surface area contributed by atoms with Crippen molar-refractivity contribution in [2.75, 3.05) is 23.7 Å². The smallest absolute Gasteiger partial charge is 0.406 e. The number of carbonyl (C=O) groups is 2. The molecule has 0 saturated heterocycles. The zero-order chi connectivity index (χ0) is 21.6. The molecule has 0 unspecified atom stereocenters. The summed E-state index contributed by atoms with van der Waals surface area (Å²) in [6, 6.07) is 3.83. The molecule has 3 amide bonds. The van der Waals surface area contributed by atoms with Gasteiger partial charge in [-0.3, -0.25) is 4.79 Å². The molecule has 0 atom stereocenters. The number of hydrogen-bond acceptors (Lipinski definition) is 4. The minimum Gasteiger partial charge on any atom is -0.406 e. The van der Waals surface area contributed by atoms with Gasteiger partial charge < -0.3 is 26.4 Å². The number of hydrogen-bond donors (Lipinski definition) is 4. The first-order valence-corrected chi connectivity index (χ1v) is 7.99. The van der Waals surface area contributed by atoms with Gasteiger partial charge >= 0.3 is 12.4 Å². The fraction of sp³-hybridized carbons (Fsp3) is 0.176. The van der Waals surface area contributed by atoms with E-state index in [-0.39, 0.29) is 30.0 Å². The number of nitrogens with two attached hydrogens (primary N) is 1. The SMILES string of the molecule is NCCNC(=O)c1ccc(OC(F)(F)F)cc1NC(=O)Nc1cc(F)cc(F)c1. The largest absolute Gasteiger partial charge is 0.573 e. The molecule has 2 aromatic rings. The van der Waals surface area contributed by atoms with E-state index >= 15 is 0 Å². The summed E-state index contributed by atoms with van der Waals surface area (Å²) in [5, 5.41) is 6.65. The van der Waals surface area contributed by atoms with E-state index in [1.54, 1.807) is 0 Å². The summed E-state index contributed by atoms with van der Waals surface area (Å²) in [7, 11) is 0. The molecule has 12 heteroatoms. The number of carbonyl (C=O) groups excluding carboxylic acids is 2. The molecule has 0 fully saturated rings. The fourth-order valence-corrected chi connectivity index (χ4v) is 2.21. The van der Waals surface area contributed by atoms with Crippen LogP contribution in [0, 0.1) is 11.6 Å². The molecule has 0 radical (unpaired) electrons. The van der Waals surface area contributed by atoms with Gasteiger partial charge in [-0.25, -0.2) is 13.6 Å². The molecule has 0 spiro atoms. The fourth-order valence-electron chi connectivity index (χ4n) is 2.21. The van der Waals surface area contributed by atoms with E-state index < -0.39 is 35.7 Å². The van der Waals surface area contributed by atoms with Gasteiger partial charge in [0.15, 0.2) is 0 Å². The van der Waals surface area contributed by atoms with E-state index in [1.165, 1.54) is 0 Å². The maximum Gasteiger partial charge on any atom is 0.573 e. The van der Waals surface area contributed by atoms with Crippen molar-refractivity contribution in [1.29, 1.82) is 0 Å². The van der Waals surface area contributed by atoms with Crippen molar-refractivity contribution in [3.05, 3.63) is 53.6 Å².